The molecule has 0 saturated heterocycles. The van der Waals surface area contributed by atoms with Crippen LogP contribution in [0.4, 0.5) is 4.39 Å². The number of hydrogen-bond acceptors (Lipinski definition) is 5. The fraction of sp³-hybridized carbons (Fsp3) is 0.143. The lowest BCUT2D eigenvalue weighted by Gasteiger charge is -2.32. The van der Waals surface area contributed by atoms with Crippen LogP contribution in [0.1, 0.15) is 33.8 Å². The van der Waals surface area contributed by atoms with Gasteiger partial charge >= 0.3 is 5.91 Å². The smallest absolute Gasteiger partial charge is 0.310 e. The lowest BCUT2D eigenvalue weighted by Crippen LogP contribution is -2.41. The number of pyridine rings is 1. The van der Waals surface area contributed by atoms with Crippen LogP contribution in [0.25, 0.3) is 16.6 Å². The highest BCUT2D eigenvalue weighted by Crippen LogP contribution is 2.34. The van der Waals surface area contributed by atoms with Crippen LogP contribution in [-0.4, -0.2) is 41.9 Å². The Bertz CT molecular complexity index is 1380. The number of halogens is 1. The molecule has 1 amide bonds. The molecule has 0 spiro atoms. The Balaban J connectivity index is 1.48. The van der Waals surface area contributed by atoms with Crippen LogP contribution in [0, 0.1) is 5.82 Å². The number of carbonyl (C=O) groups excluding carboxylic acids is 1. The van der Waals surface area contributed by atoms with E-state index in [2.05, 4.69) is 20.1 Å². The Labute approximate surface area is 169 Å². The van der Waals surface area contributed by atoms with Gasteiger partial charge in [0.05, 0.1) is 17.7 Å². The first-order valence-corrected chi connectivity index (χ1v) is 9.51. The van der Waals surface area contributed by atoms with Gasteiger partial charge in [0.15, 0.2) is 5.58 Å². The minimum Gasteiger partial charge on any atom is -0.432 e. The summed E-state index contributed by atoms with van der Waals surface area (Å²) >= 11 is 0. The lowest BCUT2D eigenvalue weighted by atomic mass is 9.99. The van der Waals surface area contributed by atoms with E-state index in [1.165, 1.54) is 10.6 Å². The molecule has 1 N–H and O–H groups in total. The Hall–Kier alpha value is -4.01. The SMILES string of the molecule is O=C(c1nc2ccccc2o1)N1CCc2[nH]cnc2[C@@H]1c1cc2c(F)cccn2n1. The molecular weight excluding hydrogens is 387 g/mol. The van der Waals surface area contributed by atoms with Crippen LogP contribution in [0.2, 0.25) is 0 Å². The summed E-state index contributed by atoms with van der Waals surface area (Å²) in [5.41, 5.74) is 3.64. The molecule has 0 aliphatic carbocycles. The summed E-state index contributed by atoms with van der Waals surface area (Å²) in [6, 6.07) is 11.3. The summed E-state index contributed by atoms with van der Waals surface area (Å²) in [5, 5.41) is 4.52. The van der Waals surface area contributed by atoms with Crippen molar-refractivity contribution in [3.05, 3.63) is 83.8 Å². The summed E-state index contributed by atoms with van der Waals surface area (Å²) in [7, 11) is 0. The number of hydrogen-bond donors (Lipinski definition) is 1. The van der Waals surface area contributed by atoms with Crippen molar-refractivity contribution < 1.29 is 13.6 Å². The van der Waals surface area contributed by atoms with Gasteiger partial charge < -0.3 is 14.3 Å². The minimum atomic E-state index is -0.582. The number of amides is 1. The first kappa shape index (κ1) is 16.9. The molecule has 4 aromatic heterocycles. The molecule has 9 heteroatoms. The van der Waals surface area contributed by atoms with Crippen LogP contribution in [0.3, 0.4) is 0 Å². The summed E-state index contributed by atoms with van der Waals surface area (Å²) in [5.74, 6) is -0.733. The van der Waals surface area contributed by atoms with Gasteiger partial charge in [0, 0.05) is 24.9 Å². The van der Waals surface area contributed by atoms with E-state index in [1.807, 2.05) is 12.1 Å². The standard InChI is InChI=1S/C21H15FN6O2/c22-12-4-3-8-28-16(12)10-15(26-28)19-18-14(23-11-24-18)7-9-27(19)21(29)20-25-13-5-1-2-6-17(13)30-20/h1-6,8,10-11,19H,7,9H2,(H,23,24)/t19-/m0/s1. The number of nitrogens with one attached hydrogen (secondary N) is 1. The summed E-state index contributed by atoms with van der Waals surface area (Å²) < 4.78 is 21.4. The van der Waals surface area contributed by atoms with Crippen molar-refractivity contribution in [2.75, 3.05) is 6.54 Å². The molecule has 1 aliphatic rings. The highest BCUT2D eigenvalue weighted by atomic mass is 19.1. The zero-order chi connectivity index (χ0) is 20.2. The molecule has 30 heavy (non-hydrogen) atoms. The topological polar surface area (TPSA) is 92.3 Å². The molecule has 8 nitrogen and oxygen atoms in total. The number of benzene rings is 1. The van der Waals surface area contributed by atoms with E-state index >= 15 is 0 Å². The average molecular weight is 402 g/mol. The van der Waals surface area contributed by atoms with E-state index in [0.29, 0.717) is 41.0 Å². The highest BCUT2D eigenvalue weighted by molar-refractivity contribution is 5.93. The third-order valence-corrected chi connectivity index (χ3v) is 5.41. The van der Waals surface area contributed by atoms with Gasteiger partial charge in [-0.05, 0) is 30.3 Å². The number of aromatic amines is 1. The van der Waals surface area contributed by atoms with E-state index in [4.69, 9.17) is 4.42 Å². The molecule has 1 aromatic carbocycles. The highest BCUT2D eigenvalue weighted by Gasteiger charge is 2.38. The zero-order valence-corrected chi connectivity index (χ0v) is 15.6. The van der Waals surface area contributed by atoms with Gasteiger partial charge in [0.1, 0.15) is 22.9 Å². The van der Waals surface area contributed by atoms with Crippen LogP contribution in [0.5, 0.6) is 0 Å². The van der Waals surface area contributed by atoms with Crippen molar-refractivity contribution in [2.24, 2.45) is 0 Å². The molecule has 1 atom stereocenters. The van der Waals surface area contributed by atoms with Gasteiger partial charge in [0.25, 0.3) is 5.89 Å². The fourth-order valence-electron chi connectivity index (χ4n) is 4.01. The molecule has 0 radical (unpaired) electrons. The summed E-state index contributed by atoms with van der Waals surface area (Å²) in [6.07, 6.45) is 3.88. The first-order valence-electron chi connectivity index (χ1n) is 9.51. The molecule has 5 heterocycles. The Morgan fingerprint density at radius 2 is 2.13 bits per heavy atom. The number of para-hydroxylation sites is 2. The second kappa shape index (κ2) is 6.24. The van der Waals surface area contributed by atoms with E-state index in [1.54, 1.807) is 41.7 Å². The van der Waals surface area contributed by atoms with Gasteiger partial charge in [-0.25, -0.2) is 18.9 Å². The third-order valence-electron chi connectivity index (χ3n) is 5.41. The van der Waals surface area contributed by atoms with Gasteiger partial charge in [-0.2, -0.15) is 5.10 Å². The largest absolute Gasteiger partial charge is 0.432 e. The van der Waals surface area contributed by atoms with Gasteiger partial charge in [-0.3, -0.25) is 4.79 Å². The number of nitrogens with zero attached hydrogens (tertiary/aromatic N) is 5. The van der Waals surface area contributed by atoms with Gasteiger partial charge in [0.2, 0.25) is 0 Å². The molecule has 148 valence electrons. The zero-order valence-electron chi connectivity index (χ0n) is 15.6. The third kappa shape index (κ3) is 2.45. The molecule has 6 rings (SSSR count). The number of imidazole rings is 1. The Kier molecular flexibility index (Phi) is 3.52. The van der Waals surface area contributed by atoms with E-state index in [-0.39, 0.29) is 17.6 Å². The Morgan fingerprint density at radius 1 is 1.23 bits per heavy atom. The maximum Gasteiger partial charge on any atom is 0.310 e. The predicted molar refractivity (Wildman–Crippen MR) is 104 cm³/mol. The normalized spacial score (nSPS) is 16.3. The van der Waals surface area contributed by atoms with Crippen LogP contribution in [0.15, 0.2) is 59.4 Å². The predicted octanol–water partition coefficient (Wildman–Crippen LogP) is 3.13. The number of oxazole rings is 1. The van der Waals surface area contributed by atoms with Crippen molar-refractivity contribution in [3.63, 3.8) is 0 Å². The second-order valence-corrected chi connectivity index (χ2v) is 7.16. The fourth-order valence-corrected chi connectivity index (χ4v) is 4.01. The number of H-pyrrole nitrogens is 1. The molecule has 5 aromatic rings. The quantitative estimate of drug-likeness (QED) is 0.490. The number of aromatic nitrogens is 5. The monoisotopic (exact) mass is 402 g/mol. The molecule has 0 fully saturated rings. The number of carbonyl (C=O) groups is 1. The maximum atomic E-state index is 14.3. The van der Waals surface area contributed by atoms with E-state index in [9.17, 15) is 9.18 Å². The van der Waals surface area contributed by atoms with Crippen LogP contribution >= 0.6 is 0 Å². The molecule has 0 unspecified atom stereocenters. The van der Waals surface area contributed by atoms with Crippen molar-refractivity contribution in [2.45, 2.75) is 12.5 Å². The minimum absolute atomic E-state index is 0.00938. The van der Waals surface area contributed by atoms with E-state index in [0.717, 1.165) is 5.69 Å². The Morgan fingerprint density at radius 3 is 3.00 bits per heavy atom. The number of fused-ring (bicyclic) bond motifs is 3. The van der Waals surface area contributed by atoms with Crippen molar-refractivity contribution >= 4 is 22.5 Å². The molecular formula is C21H15FN6O2. The van der Waals surface area contributed by atoms with Crippen molar-refractivity contribution in [3.8, 4) is 0 Å². The van der Waals surface area contributed by atoms with Crippen molar-refractivity contribution in [1.29, 1.82) is 0 Å². The average Bonchev–Trinajstić information content (AvgIpc) is 3.49. The lowest BCUT2D eigenvalue weighted by molar-refractivity contribution is 0.0648. The first-order chi connectivity index (χ1) is 14.7. The summed E-state index contributed by atoms with van der Waals surface area (Å²) in [6.45, 7) is 0.424. The second-order valence-electron chi connectivity index (χ2n) is 7.16. The van der Waals surface area contributed by atoms with E-state index < -0.39 is 6.04 Å². The maximum absolute atomic E-state index is 14.3. The van der Waals surface area contributed by atoms with Crippen LogP contribution < -0.4 is 0 Å². The van der Waals surface area contributed by atoms with Crippen molar-refractivity contribution in [1.82, 2.24) is 29.5 Å². The van der Waals surface area contributed by atoms with Gasteiger partial charge in [-0.15, -0.1) is 0 Å². The molecule has 0 saturated carbocycles. The number of rotatable bonds is 2. The molecule has 0 bridgehead atoms. The summed E-state index contributed by atoms with van der Waals surface area (Å²) in [4.78, 5) is 26.9. The molecule has 1 aliphatic heterocycles. The van der Waals surface area contributed by atoms with Crippen LogP contribution in [-0.2, 0) is 6.42 Å². The van der Waals surface area contributed by atoms with Gasteiger partial charge in [-0.1, -0.05) is 12.1 Å².